The molecule has 2 aliphatic rings. The molecule has 2 aromatic rings. The molecule has 5 heteroatoms. The highest BCUT2D eigenvalue weighted by Gasteiger charge is 2.53. The van der Waals surface area contributed by atoms with Gasteiger partial charge in [0.2, 0.25) is 5.91 Å². The number of carbonyl (C=O) groups excluding carboxylic acids is 1. The number of carbonyl (C=O) groups is 1. The first-order chi connectivity index (χ1) is 13.1. The molecule has 0 saturated heterocycles. The van der Waals surface area contributed by atoms with E-state index in [9.17, 15) is 9.18 Å². The Balaban J connectivity index is 1.68. The smallest absolute Gasteiger partial charge is 0.235 e. The van der Waals surface area contributed by atoms with E-state index in [1.807, 2.05) is 18.2 Å². The molecule has 0 radical (unpaired) electrons. The van der Waals surface area contributed by atoms with Gasteiger partial charge >= 0.3 is 0 Å². The first kappa shape index (κ1) is 17.6. The minimum atomic E-state index is -0.556. The quantitative estimate of drug-likeness (QED) is 0.804. The summed E-state index contributed by atoms with van der Waals surface area (Å²) in [4.78, 5) is 15.4. The average molecular weight is 366 g/mol. The van der Waals surface area contributed by atoms with Crippen molar-refractivity contribution in [1.82, 2.24) is 0 Å². The van der Waals surface area contributed by atoms with Crippen LogP contribution >= 0.6 is 0 Å². The fourth-order valence-corrected chi connectivity index (χ4v) is 3.77. The van der Waals surface area contributed by atoms with Gasteiger partial charge in [-0.15, -0.1) is 0 Å². The van der Waals surface area contributed by atoms with Gasteiger partial charge < -0.3 is 15.0 Å². The third-order valence-corrected chi connectivity index (χ3v) is 5.40. The van der Waals surface area contributed by atoms with Gasteiger partial charge in [0.15, 0.2) is 0 Å². The lowest BCUT2D eigenvalue weighted by Crippen LogP contribution is -2.33. The number of nitrogens with zero attached hydrogens (tertiary/aromatic N) is 1. The molecule has 0 bridgehead atoms. The average Bonchev–Trinajstić information content (AvgIpc) is 3.52. The Kier molecular flexibility index (Phi) is 4.60. The van der Waals surface area contributed by atoms with Crippen LogP contribution in [0, 0.1) is 5.82 Å². The molecule has 2 aromatic carbocycles. The SMILES string of the molecule is COc1cccc(C2(C(=O)Nc3ccc(F)cc3)CC2)c1N1CC=CCC1. The van der Waals surface area contributed by atoms with Crippen LogP contribution < -0.4 is 15.0 Å². The van der Waals surface area contributed by atoms with Crippen molar-refractivity contribution in [3.05, 3.63) is 66.0 Å². The van der Waals surface area contributed by atoms with Gasteiger partial charge in [0.05, 0.1) is 18.2 Å². The lowest BCUT2D eigenvalue weighted by molar-refractivity contribution is -0.118. The summed E-state index contributed by atoms with van der Waals surface area (Å²) in [6.45, 7) is 1.71. The molecular weight excluding hydrogens is 343 g/mol. The van der Waals surface area contributed by atoms with E-state index in [0.29, 0.717) is 5.69 Å². The first-order valence-corrected chi connectivity index (χ1v) is 9.28. The maximum absolute atomic E-state index is 13.1. The van der Waals surface area contributed by atoms with Crippen molar-refractivity contribution in [3.8, 4) is 5.75 Å². The summed E-state index contributed by atoms with van der Waals surface area (Å²) in [6, 6.07) is 11.8. The molecular formula is C22H23FN2O2. The van der Waals surface area contributed by atoms with E-state index < -0.39 is 5.41 Å². The Labute approximate surface area is 158 Å². The lowest BCUT2D eigenvalue weighted by atomic mass is 9.91. The van der Waals surface area contributed by atoms with Gasteiger partial charge in [0, 0.05) is 18.8 Å². The zero-order valence-corrected chi connectivity index (χ0v) is 15.4. The molecule has 1 heterocycles. The molecule has 0 atom stereocenters. The van der Waals surface area contributed by atoms with E-state index in [0.717, 1.165) is 49.4 Å². The van der Waals surface area contributed by atoms with Gasteiger partial charge in [-0.3, -0.25) is 4.79 Å². The largest absolute Gasteiger partial charge is 0.495 e. The van der Waals surface area contributed by atoms with Crippen LogP contribution in [-0.4, -0.2) is 26.1 Å². The van der Waals surface area contributed by atoms with Gasteiger partial charge in [-0.2, -0.15) is 0 Å². The molecule has 1 aliphatic carbocycles. The van der Waals surface area contributed by atoms with E-state index in [4.69, 9.17) is 4.74 Å². The number of rotatable bonds is 5. The van der Waals surface area contributed by atoms with Gasteiger partial charge in [0.25, 0.3) is 0 Å². The summed E-state index contributed by atoms with van der Waals surface area (Å²) in [5.41, 5.74) is 2.07. The molecule has 4 rings (SSSR count). The second-order valence-corrected chi connectivity index (χ2v) is 7.11. The first-order valence-electron chi connectivity index (χ1n) is 9.28. The monoisotopic (exact) mass is 366 g/mol. The van der Waals surface area contributed by atoms with Crippen LogP contribution in [0.3, 0.4) is 0 Å². The molecule has 0 spiro atoms. The minimum absolute atomic E-state index is 0.0452. The second kappa shape index (κ2) is 7.06. The van der Waals surface area contributed by atoms with Crippen molar-refractivity contribution in [2.24, 2.45) is 0 Å². The van der Waals surface area contributed by atoms with E-state index in [-0.39, 0.29) is 11.7 Å². The van der Waals surface area contributed by atoms with Crippen LogP contribution in [0.2, 0.25) is 0 Å². The predicted octanol–water partition coefficient (Wildman–Crippen LogP) is 4.27. The van der Waals surface area contributed by atoms with Gasteiger partial charge in [-0.1, -0.05) is 24.3 Å². The van der Waals surface area contributed by atoms with Crippen LogP contribution in [0.5, 0.6) is 5.75 Å². The molecule has 4 nitrogen and oxygen atoms in total. The standard InChI is InChI=1S/C22H23FN2O2/c1-27-19-7-5-6-18(20(19)25-14-3-2-4-15-25)22(12-13-22)21(26)24-17-10-8-16(23)9-11-17/h2-3,5-11H,4,12-15H2,1H3,(H,24,26). The van der Waals surface area contributed by atoms with Crippen molar-refractivity contribution in [2.75, 3.05) is 30.4 Å². The molecule has 1 fully saturated rings. The summed E-state index contributed by atoms with van der Waals surface area (Å²) in [7, 11) is 1.67. The fraction of sp³-hybridized carbons (Fsp3) is 0.318. The van der Waals surface area contributed by atoms with E-state index >= 15 is 0 Å². The zero-order chi connectivity index (χ0) is 18.9. The Hall–Kier alpha value is -2.82. The summed E-state index contributed by atoms with van der Waals surface area (Å²) in [5.74, 6) is 0.433. The number of hydrogen-bond donors (Lipinski definition) is 1. The highest BCUT2D eigenvalue weighted by atomic mass is 19.1. The number of halogens is 1. The normalized spacial score (nSPS) is 17.5. The molecule has 1 N–H and O–H groups in total. The summed E-state index contributed by atoms with van der Waals surface area (Å²) >= 11 is 0. The second-order valence-electron chi connectivity index (χ2n) is 7.11. The molecule has 1 amide bonds. The molecule has 1 aliphatic heterocycles. The van der Waals surface area contributed by atoms with Crippen molar-refractivity contribution >= 4 is 17.3 Å². The molecule has 0 aromatic heterocycles. The van der Waals surface area contributed by atoms with Crippen LogP contribution in [-0.2, 0) is 10.2 Å². The summed E-state index contributed by atoms with van der Waals surface area (Å²) < 4.78 is 18.8. The van der Waals surface area contributed by atoms with Crippen molar-refractivity contribution in [2.45, 2.75) is 24.7 Å². The number of para-hydroxylation sites is 1. The summed E-state index contributed by atoms with van der Waals surface area (Å²) in [6.07, 6.45) is 6.90. The zero-order valence-electron chi connectivity index (χ0n) is 15.4. The number of ether oxygens (including phenoxy) is 1. The topological polar surface area (TPSA) is 41.6 Å². The number of hydrogen-bond acceptors (Lipinski definition) is 3. The van der Waals surface area contributed by atoms with E-state index in [1.54, 1.807) is 19.2 Å². The number of methoxy groups -OCH3 is 1. The van der Waals surface area contributed by atoms with Crippen LogP contribution in [0.1, 0.15) is 24.8 Å². The van der Waals surface area contributed by atoms with Gasteiger partial charge in [-0.25, -0.2) is 4.39 Å². The fourth-order valence-electron chi connectivity index (χ4n) is 3.77. The molecule has 27 heavy (non-hydrogen) atoms. The Morgan fingerprint density at radius 1 is 1.15 bits per heavy atom. The Bertz CT molecular complexity index is 872. The van der Waals surface area contributed by atoms with Crippen LogP contribution in [0.15, 0.2) is 54.6 Å². The molecule has 1 saturated carbocycles. The third kappa shape index (κ3) is 3.29. The highest BCUT2D eigenvalue weighted by Crippen LogP contribution is 2.54. The van der Waals surface area contributed by atoms with Gasteiger partial charge in [-0.05, 0) is 55.2 Å². The number of nitrogens with one attached hydrogen (secondary N) is 1. The molecule has 140 valence electrons. The lowest BCUT2D eigenvalue weighted by Gasteiger charge is -2.31. The number of anilines is 2. The Morgan fingerprint density at radius 2 is 1.93 bits per heavy atom. The Morgan fingerprint density at radius 3 is 2.56 bits per heavy atom. The molecule has 0 unspecified atom stereocenters. The van der Waals surface area contributed by atoms with Crippen LogP contribution in [0.4, 0.5) is 15.8 Å². The van der Waals surface area contributed by atoms with Gasteiger partial charge in [0.1, 0.15) is 11.6 Å². The van der Waals surface area contributed by atoms with E-state index in [2.05, 4.69) is 22.4 Å². The van der Waals surface area contributed by atoms with Crippen molar-refractivity contribution in [1.29, 1.82) is 0 Å². The maximum Gasteiger partial charge on any atom is 0.235 e. The van der Waals surface area contributed by atoms with Crippen molar-refractivity contribution in [3.63, 3.8) is 0 Å². The third-order valence-electron chi connectivity index (χ3n) is 5.40. The van der Waals surface area contributed by atoms with Crippen LogP contribution in [0.25, 0.3) is 0 Å². The van der Waals surface area contributed by atoms with Crippen molar-refractivity contribution < 1.29 is 13.9 Å². The maximum atomic E-state index is 13.1. The number of benzene rings is 2. The predicted molar refractivity (Wildman–Crippen MR) is 105 cm³/mol. The minimum Gasteiger partial charge on any atom is -0.495 e. The van der Waals surface area contributed by atoms with E-state index in [1.165, 1.54) is 12.1 Å². The highest BCUT2D eigenvalue weighted by molar-refractivity contribution is 6.02. The summed E-state index contributed by atoms with van der Waals surface area (Å²) in [5, 5.41) is 2.96. The number of amides is 1.